The SMILES string of the molecule is CNS(=O)(=O)c1cc(C(=O)O[C@@H](C)C(=O)NC2(C#N)CCCCC2)ccc1OC. The predicted octanol–water partition coefficient (Wildman–Crippen LogP) is 1.49. The number of carbonyl (C=O) groups excluding carboxylic acids is 2. The van der Waals surface area contributed by atoms with E-state index >= 15 is 0 Å². The monoisotopic (exact) mass is 423 g/mol. The topological polar surface area (TPSA) is 135 Å². The molecule has 0 radical (unpaired) electrons. The van der Waals surface area contributed by atoms with Crippen LogP contribution < -0.4 is 14.8 Å². The average molecular weight is 423 g/mol. The van der Waals surface area contributed by atoms with Crippen LogP contribution in [0.3, 0.4) is 0 Å². The van der Waals surface area contributed by atoms with Crippen molar-refractivity contribution in [3.63, 3.8) is 0 Å². The Balaban J connectivity index is 2.14. The summed E-state index contributed by atoms with van der Waals surface area (Å²) in [4.78, 5) is 24.7. The molecule has 1 aliphatic carbocycles. The van der Waals surface area contributed by atoms with Crippen molar-refractivity contribution in [1.29, 1.82) is 5.26 Å². The van der Waals surface area contributed by atoms with E-state index in [1.807, 2.05) is 0 Å². The Morgan fingerprint density at radius 1 is 1.24 bits per heavy atom. The summed E-state index contributed by atoms with van der Waals surface area (Å²) in [5.41, 5.74) is -0.989. The van der Waals surface area contributed by atoms with E-state index in [0.717, 1.165) is 25.3 Å². The summed E-state index contributed by atoms with van der Waals surface area (Å²) in [5, 5.41) is 12.2. The largest absolute Gasteiger partial charge is 0.495 e. The van der Waals surface area contributed by atoms with Crippen LogP contribution in [0.2, 0.25) is 0 Å². The predicted molar refractivity (Wildman–Crippen MR) is 104 cm³/mol. The van der Waals surface area contributed by atoms with Crippen molar-refractivity contribution in [3.05, 3.63) is 23.8 Å². The Morgan fingerprint density at radius 2 is 1.90 bits per heavy atom. The third kappa shape index (κ3) is 5.25. The van der Waals surface area contributed by atoms with Gasteiger partial charge in [-0.3, -0.25) is 4.79 Å². The van der Waals surface area contributed by atoms with E-state index in [0.29, 0.717) is 12.8 Å². The number of benzene rings is 1. The molecule has 9 nitrogen and oxygen atoms in total. The van der Waals surface area contributed by atoms with Crippen LogP contribution in [0.1, 0.15) is 49.4 Å². The number of ether oxygens (including phenoxy) is 2. The standard InChI is InChI=1S/C19H25N3O6S/c1-13(17(23)22-19(12-20)9-5-4-6-10-19)28-18(24)14-7-8-15(27-3)16(11-14)29(25,26)21-2/h7-8,11,13,21H,4-6,9-10H2,1-3H3,(H,22,23)/t13-/m0/s1. The van der Waals surface area contributed by atoms with Crippen molar-refractivity contribution in [2.24, 2.45) is 0 Å². The molecule has 1 aromatic carbocycles. The molecule has 0 aliphatic heterocycles. The highest BCUT2D eigenvalue weighted by Crippen LogP contribution is 2.28. The molecule has 29 heavy (non-hydrogen) atoms. The number of rotatable bonds is 7. The van der Waals surface area contributed by atoms with Crippen LogP contribution in [-0.4, -0.2) is 46.1 Å². The zero-order valence-corrected chi connectivity index (χ0v) is 17.5. The van der Waals surface area contributed by atoms with Gasteiger partial charge in [-0.15, -0.1) is 0 Å². The minimum Gasteiger partial charge on any atom is -0.495 e. The first-order chi connectivity index (χ1) is 13.7. The molecule has 0 bridgehead atoms. The first kappa shape index (κ1) is 22.6. The second-order valence-electron chi connectivity index (χ2n) is 6.86. The number of amides is 1. The Kier molecular flexibility index (Phi) is 7.21. The van der Waals surface area contributed by atoms with Gasteiger partial charge in [0, 0.05) is 0 Å². The van der Waals surface area contributed by atoms with Gasteiger partial charge in [-0.2, -0.15) is 5.26 Å². The van der Waals surface area contributed by atoms with Gasteiger partial charge in [0.15, 0.2) is 6.10 Å². The lowest BCUT2D eigenvalue weighted by molar-refractivity contribution is -0.130. The number of carbonyl (C=O) groups is 2. The maximum absolute atomic E-state index is 12.4. The summed E-state index contributed by atoms with van der Waals surface area (Å²) >= 11 is 0. The van der Waals surface area contributed by atoms with Crippen molar-refractivity contribution in [1.82, 2.24) is 10.0 Å². The van der Waals surface area contributed by atoms with E-state index in [9.17, 15) is 23.3 Å². The summed E-state index contributed by atoms with van der Waals surface area (Å²) in [6.45, 7) is 1.40. The summed E-state index contributed by atoms with van der Waals surface area (Å²) in [5.74, 6) is -1.37. The Labute approximate surface area is 170 Å². The lowest BCUT2D eigenvalue weighted by Gasteiger charge is -2.32. The molecule has 0 spiro atoms. The van der Waals surface area contributed by atoms with E-state index in [4.69, 9.17) is 9.47 Å². The van der Waals surface area contributed by atoms with Crippen molar-refractivity contribution in [2.45, 2.75) is 55.6 Å². The molecular weight excluding hydrogens is 398 g/mol. The first-order valence-corrected chi connectivity index (χ1v) is 10.7. The fourth-order valence-electron chi connectivity index (χ4n) is 3.16. The van der Waals surface area contributed by atoms with Gasteiger partial charge in [0.25, 0.3) is 5.91 Å². The minimum absolute atomic E-state index is 0.0491. The maximum atomic E-state index is 12.4. The number of sulfonamides is 1. The molecule has 1 fully saturated rings. The van der Waals surface area contributed by atoms with Gasteiger partial charge in [0.1, 0.15) is 16.2 Å². The van der Waals surface area contributed by atoms with E-state index in [2.05, 4.69) is 16.1 Å². The third-order valence-corrected chi connectivity index (χ3v) is 6.33. The maximum Gasteiger partial charge on any atom is 0.338 e. The van der Waals surface area contributed by atoms with E-state index < -0.39 is 33.5 Å². The highest BCUT2D eigenvalue weighted by atomic mass is 32.2. The van der Waals surface area contributed by atoms with E-state index in [1.54, 1.807) is 0 Å². The molecule has 2 N–H and O–H groups in total. The van der Waals surface area contributed by atoms with Crippen LogP contribution in [0.4, 0.5) is 0 Å². The van der Waals surface area contributed by atoms with Crippen LogP contribution in [0, 0.1) is 11.3 Å². The van der Waals surface area contributed by atoms with Gasteiger partial charge in [-0.25, -0.2) is 17.9 Å². The zero-order valence-electron chi connectivity index (χ0n) is 16.6. The number of esters is 1. The van der Waals surface area contributed by atoms with E-state index in [-0.39, 0.29) is 16.2 Å². The fourth-order valence-corrected chi connectivity index (χ4v) is 4.08. The minimum atomic E-state index is -3.87. The number of hydrogen-bond donors (Lipinski definition) is 2. The van der Waals surface area contributed by atoms with Crippen molar-refractivity contribution < 1.29 is 27.5 Å². The van der Waals surface area contributed by atoms with Gasteiger partial charge < -0.3 is 14.8 Å². The van der Waals surface area contributed by atoms with Crippen LogP contribution in [0.25, 0.3) is 0 Å². The molecule has 2 rings (SSSR count). The number of nitriles is 1. The van der Waals surface area contributed by atoms with Gasteiger partial charge >= 0.3 is 5.97 Å². The second-order valence-corrected chi connectivity index (χ2v) is 8.72. The summed E-state index contributed by atoms with van der Waals surface area (Å²) in [7, 11) is -1.32. The molecule has 0 heterocycles. The Hall–Kier alpha value is -2.64. The summed E-state index contributed by atoms with van der Waals surface area (Å²) in [6.07, 6.45) is 2.66. The average Bonchev–Trinajstić information content (AvgIpc) is 2.73. The van der Waals surface area contributed by atoms with Crippen LogP contribution >= 0.6 is 0 Å². The fraction of sp³-hybridized carbons (Fsp3) is 0.526. The van der Waals surface area contributed by atoms with E-state index in [1.165, 1.54) is 33.2 Å². The smallest absolute Gasteiger partial charge is 0.338 e. The molecule has 0 unspecified atom stereocenters. The number of methoxy groups -OCH3 is 1. The molecule has 0 aromatic heterocycles. The lowest BCUT2D eigenvalue weighted by atomic mass is 9.83. The number of nitrogens with one attached hydrogen (secondary N) is 2. The molecule has 0 saturated heterocycles. The quantitative estimate of drug-likeness (QED) is 0.634. The molecular formula is C19H25N3O6S. The molecule has 10 heteroatoms. The van der Waals surface area contributed by atoms with Gasteiger partial charge in [-0.05, 0) is 45.0 Å². The Morgan fingerprint density at radius 3 is 2.45 bits per heavy atom. The highest BCUT2D eigenvalue weighted by molar-refractivity contribution is 7.89. The van der Waals surface area contributed by atoms with Crippen molar-refractivity contribution in [2.75, 3.05) is 14.2 Å². The normalized spacial score (nSPS) is 16.9. The molecule has 1 amide bonds. The van der Waals surface area contributed by atoms with Crippen molar-refractivity contribution in [3.8, 4) is 11.8 Å². The molecule has 1 atom stereocenters. The molecule has 158 valence electrons. The number of hydrogen-bond acceptors (Lipinski definition) is 7. The van der Waals surface area contributed by atoms with Crippen LogP contribution in [0.5, 0.6) is 5.75 Å². The molecule has 1 aliphatic rings. The first-order valence-electron chi connectivity index (χ1n) is 9.24. The Bertz CT molecular complexity index is 916. The lowest BCUT2D eigenvalue weighted by Crippen LogP contribution is -2.52. The van der Waals surface area contributed by atoms with Crippen LogP contribution in [-0.2, 0) is 19.6 Å². The second kappa shape index (κ2) is 9.24. The van der Waals surface area contributed by atoms with Gasteiger partial charge in [-0.1, -0.05) is 19.3 Å². The highest BCUT2D eigenvalue weighted by Gasteiger charge is 2.35. The summed E-state index contributed by atoms with van der Waals surface area (Å²) in [6, 6.07) is 5.97. The third-order valence-electron chi connectivity index (χ3n) is 4.89. The van der Waals surface area contributed by atoms with Gasteiger partial charge in [0.05, 0.1) is 18.7 Å². The molecule has 1 saturated carbocycles. The van der Waals surface area contributed by atoms with Crippen molar-refractivity contribution >= 4 is 21.9 Å². The zero-order chi connectivity index (χ0) is 21.7. The van der Waals surface area contributed by atoms with Gasteiger partial charge in [0.2, 0.25) is 10.0 Å². The number of nitrogens with zero attached hydrogens (tertiary/aromatic N) is 1. The summed E-state index contributed by atoms with van der Waals surface area (Å²) < 4.78 is 36.7. The van der Waals surface area contributed by atoms with Crippen LogP contribution in [0.15, 0.2) is 23.1 Å². The molecule has 1 aromatic rings.